The van der Waals surface area contributed by atoms with E-state index in [1.54, 1.807) is 0 Å². The fourth-order valence-corrected chi connectivity index (χ4v) is 2.46. The first-order valence-electron chi connectivity index (χ1n) is 6.87. The highest BCUT2D eigenvalue weighted by Crippen LogP contribution is 2.21. The fraction of sp³-hybridized carbons (Fsp3) is 0.571. The normalized spacial score (nSPS) is 16.7. The molecular weight excluding hydrogens is 238 g/mol. The van der Waals surface area contributed by atoms with Crippen molar-refractivity contribution in [3.8, 4) is 0 Å². The zero-order chi connectivity index (χ0) is 13.7. The summed E-state index contributed by atoms with van der Waals surface area (Å²) in [5.74, 6) is 6.34. The van der Waals surface area contributed by atoms with Gasteiger partial charge >= 0.3 is 0 Å². The number of hydrogen-bond donors (Lipinski definition) is 2. The van der Waals surface area contributed by atoms with Crippen molar-refractivity contribution in [2.75, 3.05) is 7.05 Å². The van der Waals surface area contributed by atoms with Crippen molar-refractivity contribution in [2.24, 2.45) is 10.8 Å². The number of guanidine groups is 1. The van der Waals surface area contributed by atoms with Crippen LogP contribution in [0.25, 0.3) is 0 Å². The molecule has 0 amide bonds. The highest BCUT2D eigenvalue weighted by atomic mass is 15.4. The maximum absolute atomic E-state index is 5.59. The molecule has 1 saturated carbocycles. The predicted molar refractivity (Wildman–Crippen MR) is 77.5 cm³/mol. The lowest BCUT2D eigenvalue weighted by molar-refractivity contribution is 0.464. The third kappa shape index (κ3) is 3.92. The number of nitrogens with two attached hydrogens (primary N) is 1. The smallest absolute Gasteiger partial charge is 0.208 e. The first-order valence-corrected chi connectivity index (χ1v) is 6.87. The van der Waals surface area contributed by atoms with Crippen LogP contribution in [0.5, 0.6) is 0 Å². The molecule has 1 aliphatic rings. The van der Waals surface area contributed by atoms with Crippen LogP contribution in [0.3, 0.4) is 0 Å². The Hall–Kier alpha value is -1.62. The molecule has 104 valence electrons. The summed E-state index contributed by atoms with van der Waals surface area (Å²) in [7, 11) is 1.98. The third-order valence-electron chi connectivity index (χ3n) is 3.47. The van der Waals surface area contributed by atoms with Crippen LogP contribution in [0, 0.1) is 6.92 Å². The van der Waals surface area contributed by atoms with E-state index in [9.17, 15) is 0 Å². The lowest BCUT2D eigenvalue weighted by Gasteiger charge is -2.21. The van der Waals surface area contributed by atoms with Crippen LogP contribution >= 0.6 is 0 Å². The quantitative estimate of drug-likeness (QED) is 0.375. The molecule has 0 radical (unpaired) electrons. The molecule has 0 spiro atoms. The minimum Gasteiger partial charge on any atom is -0.339 e. The Bertz CT molecular complexity index is 437. The topological polar surface area (TPSA) is 66.5 Å². The van der Waals surface area contributed by atoms with Gasteiger partial charge in [0.25, 0.3) is 0 Å². The summed E-state index contributed by atoms with van der Waals surface area (Å²) in [5, 5.41) is 0. The molecule has 1 aromatic heterocycles. The number of nitrogens with zero attached hydrogens (tertiary/aromatic N) is 3. The Balaban J connectivity index is 2.01. The largest absolute Gasteiger partial charge is 0.339 e. The van der Waals surface area contributed by atoms with Crippen molar-refractivity contribution in [3.05, 3.63) is 29.6 Å². The molecule has 0 aliphatic heterocycles. The minimum atomic E-state index is 0.416. The van der Waals surface area contributed by atoms with E-state index in [-0.39, 0.29) is 0 Å². The molecule has 1 aromatic rings. The van der Waals surface area contributed by atoms with Gasteiger partial charge in [0, 0.05) is 12.7 Å². The Morgan fingerprint density at radius 1 is 1.47 bits per heavy atom. The van der Waals surface area contributed by atoms with E-state index < -0.39 is 0 Å². The lowest BCUT2D eigenvalue weighted by Crippen LogP contribution is -2.43. The van der Waals surface area contributed by atoms with Crippen molar-refractivity contribution < 1.29 is 0 Å². The number of aryl methyl sites for hydroxylation is 1. The number of rotatable bonds is 3. The minimum absolute atomic E-state index is 0.416. The summed E-state index contributed by atoms with van der Waals surface area (Å²) < 4.78 is 0. The zero-order valence-electron chi connectivity index (χ0n) is 11.8. The maximum Gasteiger partial charge on any atom is 0.208 e. The van der Waals surface area contributed by atoms with Gasteiger partial charge in [-0.25, -0.2) is 10.8 Å². The van der Waals surface area contributed by atoms with Crippen LogP contribution in [0.2, 0.25) is 0 Å². The SMILES string of the molecule is Cc1cccc(CN(C)C(=NC2CCCC2)NN)n1. The number of hydrogen-bond acceptors (Lipinski definition) is 3. The first kappa shape index (κ1) is 13.8. The molecule has 0 bridgehead atoms. The maximum atomic E-state index is 5.59. The van der Waals surface area contributed by atoms with Crippen LogP contribution in [0.15, 0.2) is 23.2 Å². The van der Waals surface area contributed by atoms with Crippen LogP contribution in [-0.2, 0) is 6.54 Å². The van der Waals surface area contributed by atoms with E-state index in [0.717, 1.165) is 17.3 Å². The summed E-state index contributed by atoms with van der Waals surface area (Å²) in [6.45, 7) is 2.70. The standard InChI is InChI=1S/C14H23N5/c1-11-6-5-9-13(16-11)10-19(2)14(18-15)17-12-7-3-4-8-12/h5-6,9,12H,3-4,7-8,10,15H2,1-2H3,(H,17,18). The van der Waals surface area contributed by atoms with Gasteiger partial charge in [0.15, 0.2) is 0 Å². The van der Waals surface area contributed by atoms with E-state index in [1.165, 1.54) is 25.7 Å². The van der Waals surface area contributed by atoms with Gasteiger partial charge in [-0.1, -0.05) is 18.9 Å². The van der Waals surface area contributed by atoms with Gasteiger partial charge in [-0.3, -0.25) is 10.4 Å². The van der Waals surface area contributed by atoms with Gasteiger partial charge in [0.1, 0.15) is 0 Å². The fourth-order valence-electron chi connectivity index (χ4n) is 2.46. The molecule has 2 rings (SSSR count). The van der Waals surface area contributed by atoms with Gasteiger partial charge in [0.2, 0.25) is 5.96 Å². The summed E-state index contributed by atoms with van der Waals surface area (Å²) >= 11 is 0. The second kappa shape index (κ2) is 6.52. The molecule has 3 N–H and O–H groups in total. The zero-order valence-corrected chi connectivity index (χ0v) is 11.8. The second-order valence-electron chi connectivity index (χ2n) is 5.16. The molecule has 5 nitrogen and oxygen atoms in total. The Morgan fingerprint density at radius 2 is 2.21 bits per heavy atom. The number of nitrogens with one attached hydrogen (secondary N) is 1. The average molecular weight is 261 g/mol. The number of aromatic nitrogens is 1. The molecule has 19 heavy (non-hydrogen) atoms. The molecule has 1 fully saturated rings. The van der Waals surface area contributed by atoms with Crippen molar-refractivity contribution in [1.29, 1.82) is 0 Å². The Morgan fingerprint density at radius 3 is 2.84 bits per heavy atom. The molecule has 1 aliphatic carbocycles. The monoisotopic (exact) mass is 261 g/mol. The van der Waals surface area contributed by atoms with Crippen molar-refractivity contribution in [1.82, 2.24) is 15.3 Å². The van der Waals surface area contributed by atoms with E-state index in [4.69, 9.17) is 10.8 Å². The van der Waals surface area contributed by atoms with Crippen LogP contribution < -0.4 is 11.3 Å². The summed E-state index contributed by atoms with van der Waals surface area (Å²) in [4.78, 5) is 11.2. The van der Waals surface area contributed by atoms with Crippen molar-refractivity contribution >= 4 is 5.96 Å². The molecule has 5 heteroatoms. The van der Waals surface area contributed by atoms with Gasteiger partial charge in [0.05, 0.1) is 18.3 Å². The summed E-state index contributed by atoms with van der Waals surface area (Å²) in [6, 6.07) is 6.46. The second-order valence-corrected chi connectivity index (χ2v) is 5.16. The molecule has 0 aromatic carbocycles. The van der Waals surface area contributed by atoms with Gasteiger partial charge in [-0.05, 0) is 31.9 Å². The van der Waals surface area contributed by atoms with Crippen LogP contribution in [0.1, 0.15) is 37.1 Å². The lowest BCUT2D eigenvalue weighted by atomic mass is 10.3. The molecular formula is C14H23N5. The van der Waals surface area contributed by atoms with E-state index in [1.807, 2.05) is 37.1 Å². The number of hydrazine groups is 1. The average Bonchev–Trinajstić information content (AvgIpc) is 2.88. The van der Waals surface area contributed by atoms with Crippen molar-refractivity contribution in [2.45, 2.75) is 45.2 Å². The van der Waals surface area contributed by atoms with Crippen LogP contribution in [-0.4, -0.2) is 28.9 Å². The Labute approximate surface area is 114 Å². The predicted octanol–water partition coefficient (Wildman–Crippen LogP) is 1.58. The molecule has 1 heterocycles. The number of pyridine rings is 1. The van der Waals surface area contributed by atoms with E-state index >= 15 is 0 Å². The summed E-state index contributed by atoms with van der Waals surface area (Å²) in [5.41, 5.74) is 4.77. The third-order valence-corrected chi connectivity index (χ3v) is 3.47. The summed E-state index contributed by atoms with van der Waals surface area (Å²) in [6.07, 6.45) is 4.88. The van der Waals surface area contributed by atoms with Crippen molar-refractivity contribution in [3.63, 3.8) is 0 Å². The van der Waals surface area contributed by atoms with Gasteiger partial charge < -0.3 is 4.90 Å². The first-order chi connectivity index (χ1) is 9.19. The molecule has 0 saturated heterocycles. The van der Waals surface area contributed by atoms with E-state index in [0.29, 0.717) is 12.6 Å². The van der Waals surface area contributed by atoms with Gasteiger partial charge in [-0.2, -0.15) is 0 Å². The van der Waals surface area contributed by atoms with E-state index in [2.05, 4.69) is 10.4 Å². The number of aliphatic imine (C=N–C) groups is 1. The molecule has 0 unspecified atom stereocenters. The Kier molecular flexibility index (Phi) is 4.74. The molecule has 0 atom stereocenters. The van der Waals surface area contributed by atoms with Crippen LogP contribution in [0.4, 0.5) is 0 Å². The highest BCUT2D eigenvalue weighted by molar-refractivity contribution is 5.79. The van der Waals surface area contributed by atoms with Gasteiger partial charge in [-0.15, -0.1) is 0 Å². The highest BCUT2D eigenvalue weighted by Gasteiger charge is 2.16.